The fraction of sp³-hybridized carbons (Fsp3) is 0.176. The standard InChI is InChI=1S/C17H12F3N5O3/c1-27-9-14-22-16-21-8-12-13(25(16)23-14)5-6-24(15(12)26)10-3-2-4-11(7-10)28-17(18,19)20/h2-8H,9H2,1H3. The lowest BCUT2D eigenvalue weighted by Crippen LogP contribution is -2.20. The Morgan fingerprint density at radius 2 is 2.04 bits per heavy atom. The average molecular weight is 391 g/mol. The molecule has 0 atom stereocenters. The quantitative estimate of drug-likeness (QED) is 0.532. The van der Waals surface area contributed by atoms with Crippen molar-refractivity contribution in [3.05, 3.63) is 58.9 Å². The van der Waals surface area contributed by atoms with Crippen LogP contribution in [0.1, 0.15) is 5.82 Å². The topological polar surface area (TPSA) is 83.5 Å². The third kappa shape index (κ3) is 3.27. The van der Waals surface area contributed by atoms with E-state index in [0.717, 1.165) is 12.1 Å². The third-order valence-corrected chi connectivity index (χ3v) is 3.88. The highest BCUT2D eigenvalue weighted by Gasteiger charge is 2.31. The lowest BCUT2D eigenvalue weighted by molar-refractivity contribution is -0.274. The van der Waals surface area contributed by atoms with Gasteiger partial charge < -0.3 is 9.47 Å². The van der Waals surface area contributed by atoms with Crippen molar-refractivity contribution in [2.45, 2.75) is 13.0 Å². The molecule has 0 aliphatic carbocycles. The number of rotatable bonds is 4. The van der Waals surface area contributed by atoms with Crippen LogP contribution in [0.2, 0.25) is 0 Å². The van der Waals surface area contributed by atoms with Crippen molar-refractivity contribution >= 4 is 16.7 Å². The number of halogens is 3. The highest BCUT2D eigenvalue weighted by Crippen LogP contribution is 2.24. The van der Waals surface area contributed by atoms with E-state index in [9.17, 15) is 18.0 Å². The molecule has 0 amide bonds. The maximum absolute atomic E-state index is 12.9. The van der Waals surface area contributed by atoms with Gasteiger partial charge in [-0.1, -0.05) is 6.07 Å². The molecule has 0 bridgehead atoms. The monoisotopic (exact) mass is 391 g/mol. The van der Waals surface area contributed by atoms with Gasteiger partial charge >= 0.3 is 6.36 Å². The molecular formula is C17H12F3N5O3. The molecular weight excluding hydrogens is 379 g/mol. The highest BCUT2D eigenvalue weighted by molar-refractivity contribution is 5.79. The minimum absolute atomic E-state index is 0.188. The maximum atomic E-state index is 12.9. The molecule has 11 heteroatoms. The van der Waals surface area contributed by atoms with Gasteiger partial charge in [0.05, 0.1) is 16.6 Å². The van der Waals surface area contributed by atoms with Crippen molar-refractivity contribution in [2.75, 3.05) is 7.11 Å². The summed E-state index contributed by atoms with van der Waals surface area (Å²) in [4.78, 5) is 21.2. The molecule has 0 saturated carbocycles. The van der Waals surface area contributed by atoms with Gasteiger partial charge in [0.15, 0.2) is 5.82 Å². The Labute approximate surface area is 154 Å². The fourth-order valence-corrected chi connectivity index (χ4v) is 2.78. The second-order valence-corrected chi connectivity index (χ2v) is 5.77. The molecule has 8 nitrogen and oxygen atoms in total. The number of benzene rings is 1. The number of ether oxygens (including phenoxy) is 2. The molecule has 3 heterocycles. The Morgan fingerprint density at radius 1 is 1.21 bits per heavy atom. The van der Waals surface area contributed by atoms with Crippen molar-refractivity contribution in [3.63, 3.8) is 0 Å². The molecule has 0 radical (unpaired) electrons. The molecule has 4 aromatic rings. The average Bonchev–Trinajstić information content (AvgIpc) is 3.04. The normalized spacial score (nSPS) is 12.0. The van der Waals surface area contributed by atoms with Gasteiger partial charge in [-0.2, -0.15) is 9.50 Å². The highest BCUT2D eigenvalue weighted by atomic mass is 19.4. The zero-order valence-electron chi connectivity index (χ0n) is 14.3. The molecule has 3 aromatic heterocycles. The van der Waals surface area contributed by atoms with Crippen LogP contribution in [0.15, 0.2) is 47.5 Å². The second kappa shape index (κ2) is 6.60. The fourth-order valence-electron chi connectivity index (χ4n) is 2.78. The molecule has 0 fully saturated rings. The second-order valence-electron chi connectivity index (χ2n) is 5.77. The van der Waals surface area contributed by atoms with Gasteiger partial charge in [0.1, 0.15) is 12.4 Å². The van der Waals surface area contributed by atoms with Crippen LogP contribution in [0.5, 0.6) is 5.75 Å². The summed E-state index contributed by atoms with van der Waals surface area (Å²) in [5.74, 6) is 0.284. The van der Waals surface area contributed by atoms with E-state index in [0.29, 0.717) is 17.1 Å². The smallest absolute Gasteiger partial charge is 0.406 e. The summed E-state index contributed by atoms with van der Waals surface area (Å²) in [6, 6.07) is 6.74. The van der Waals surface area contributed by atoms with Crippen LogP contribution in [0, 0.1) is 0 Å². The number of hydrogen-bond donors (Lipinski definition) is 0. The van der Waals surface area contributed by atoms with Gasteiger partial charge in [-0.15, -0.1) is 18.3 Å². The van der Waals surface area contributed by atoms with Crippen molar-refractivity contribution in [3.8, 4) is 11.4 Å². The number of hydrogen-bond acceptors (Lipinski definition) is 6. The summed E-state index contributed by atoms with van der Waals surface area (Å²) in [5, 5.41) is 4.48. The molecule has 0 aliphatic heterocycles. The van der Waals surface area contributed by atoms with E-state index in [4.69, 9.17) is 4.74 Å². The molecule has 4 rings (SSSR count). The molecule has 28 heavy (non-hydrogen) atoms. The van der Waals surface area contributed by atoms with Gasteiger partial charge in [0, 0.05) is 25.6 Å². The van der Waals surface area contributed by atoms with Crippen molar-refractivity contribution < 1.29 is 22.6 Å². The summed E-state index contributed by atoms with van der Waals surface area (Å²) < 4.78 is 48.9. The molecule has 0 N–H and O–H groups in total. The van der Waals surface area contributed by atoms with Crippen LogP contribution in [0.4, 0.5) is 13.2 Å². The van der Waals surface area contributed by atoms with Crippen molar-refractivity contribution in [1.82, 2.24) is 24.1 Å². The van der Waals surface area contributed by atoms with Crippen molar-refractivity contribution in [1.29, 1.82) is 0 Å². The van der Waals surface area contributed by atoms with E-state index in [-0.39, 0.29) is 17.7 Å². The summed E-state index contributed by atoms with van der Waals surface area (Å²) in [7, 11) is 1.51. The third-order valence-electron chi connectivity index (χ3n) is 3.88. The molecule has 0 aliphatic rings. The van der Waals surface area contributed by atoms with E-state index in [1.54, 1.807) is 6.07 Å². The Bertz CT molecular complexity index is 1230. The Morgan fingerprint density at radius 3 is 2.79 bits per heavy atom. The summed E-state index contributed by atoms with van der Waals surface area (Å²) in [5.41, 5.74) is 0.205. The van der Waals surface area contributed by atoms with E-state index in [1.165, 1.54) is 40.7 Å². The van der Waals surface area contributed by atoms with Crippen molar-refractivity contribution in [2.24, 2.45) is 0 Å². The summed E-state index contributed by atoms with van der Waals surface area (Å²) >= 11 is 0. The Hall–Kier alpha value is -3.47. The predicted molar refractivity (Wildman–Crippen MR) is 91.3 cm³/mol. The number of methoxy groups -OCH3 is 1. The summed E-state index contributed by atoms with van der Waals surface area (Å²) in [6.07, 6.45) is -2.03. The van der Waals surface area contributed by atoms with Gasteiger partial charge in [-0.05, 0) is 18.2 Å². The number of alkyl halides is 3. The van der Waals surface area contributed by atoms with E-state index in [1.807, 2.05) is 0 Å². The van der Waals surface area contributed by atoms with Gasteiger partial charge in [-0.25, -0.2) is 4.98 Å². The van der Waals surface area contributed by atoms with Crippen LogP contribution < -0.4 is 10.3 Å². The van der Waals surface area contributed by atoms with Gasteiger partial charge in [0.25, 0.3) is 11.3 Å². The minimum Gasteiger partial charge on any atom is -0.406 e. The van der Waals surface area contributed by atoms with Crippen LogP contribution >= 0.6 is 0 Å². The zero-order valence-corrected chi connectivity index (χ0v) is 14.3. The summed E-state index contributed by atoms with van der Waals surface area (Å²) in [6.45, 7) is 0.188. The number of nitrogens with zero attached hydrogens (tertiary/aromatic N) is 5. The predicted octanol–water partition coefficient (Wildman–Crippen LogP) is 2.47. The molecule has 0 unspecified atom stereocenters. The zero-order chi connectivity index (χ0) is 19.9. The van der Waals surface area contributed by atoms with Gasteiger partial charge in [0.2, 0.25) is 0 Å². The molecule has 144 valence electrons. The lowest BCUT2D eigenvalue weighted by Gasteiger charge is -2.11. The molecule has 0 spiro atoms. The number of pyridine rings is 1. The van der Waals surface area contributed by atoms with Crippen LogP contribution in [-0.2, 0) is 11.3 Å². The molecule has 1 aromatic carbocycles. The number of fused-ring (bicyclic) bond motifs is 3. The minimum atomic E-state index is -4.82. The molecule has 0 saturated heterocycles. The maximum Gasteiger partial charge on any atom is 0.573 e. The first-order chi connectivity index (χ1) is 13.4. The SMILES string of the molecule is COCc1nc2ncc3c(=O)n(-c4cccc(OC(F)(F)F)c4)ccc3n2n1. The lowest BCUT2D eigenvalue weighted by atomic mass is 10.2. The Kier molecular flexibility index (Phi) is 4.23. The van der Waals surface area contributed by atoms with Crippen LogP contribution in [0.3, 0.4) is 0 Å². The first-order valence-corrected chi connectivity index (χ1v) is 7.97. The van der Waals surface area contributed by atoms with Crippen LogP contribution in [-0.4, -0.2) is 37.6 Å². The van der Waals surface area contributed by atoms with Gasteiger partial charge in [-0.3, -0.25) is 9.36 Å². The van der Waals surface area contributed by atoms with E-state index < -0.39 is 17.7 Å². The van der Waals surface area contributed by atoms with Crippen LogP contribution in [0.25, 0.3) is 22.4 Å². The first-order valence-electron chi connectivity index (χ1n) is 7.97. The largest absolute Gasteiger partial charge is 0.573 e. The Balaban J connectivity index is 1.83. The first kappa shape index (κ1) is 17.9. The van der Waals surface area contributed by atoms with E-state index in [2.05, 4.69) is 19.8 Å². The number of aromatic nitrogens is 5. The van der Waals surface area contributed by atoms with E-state index >= 15 is 0 Å².